The summed E-state index contributed by atoms with van der Waals surface area (Å²) < 4.78 is 17.9. The summed E-state index contributed by atoms with van der Waals surface area (Å²) in [6.07, 6.45) is 7.50. The Morgan fingerprint density at radius 3 is 2.32 bits per heavy atom. The van der Waals surface area contributed by atoms with Gasteiger partial charge in [-0.3, -0.25) is 0 Å². The number of amides is 1. The first-order valence-electron chi connectivity index (χ1n) is 13.9. The van der Waals surface area contributed by atoms with Gasteiger partial charge in [-0.2, -0.15) is 0 Å². The lowest BCUT2D eigenvalue weighted by molar-refractivity contribution is -0.154. The first kappa shape index (κ1) is 26.3. The number of para-hydroxylation sites is 1. The summed E-state index contributed by atoms with van der Waals surface area (Å²) in [6, 6.07) is 7.99. The van der Waals surface area contributed by atoms with E-state index >= 15 is 0 Å². The summed E-state index contributed by atoms with van der Waals surface area (Å²) in [5.74, 6) is 1.94. The van der Waals surface area contributed by atoms with Gasteiger partial charge in [0.15, 0.2) is 5.54 Å². The predicted octanol–water partition coefficient (Wildman–Crippen LogP) is 5.46. The normalized spacial score (nSPS) is 29.1. The van der Waals surface area contributed by atoms with Crippen molar-refractivity contribution in [2.45, 2.75) is 82.5 Å². The number of hydrogen-bond acceptors (Lipinski definition) is 5. The third-order valence-corrected chi connectivity index (χ3v) is 11.2. The molecule has 1 heterocycles. The second-order valence-corrected chi connectivity index (χ2v) is 17.9. The van der Waals surface area contributed by atoms with Crippen LogP contribution in [0.4, 0.5) is 4.79 Å². The topological polar surface area (TPSA) is 89.6 Å². The first-order chi connectivity index (χ1) is 17.6. The number of H-pyrrole nitrogens is 1. The molecule has 0 radical (unpaired) electrons. The highest BCUT2D eigenvalue weighted by molar-refractivity contribution is 6.78. The first-order valence-corrected chi connectivity index (χ1v) is 17.5. The summed E-state index contributed by atoms with van der Waals surface area (Å²) in [5, 5.41) is 4.11. The Morgan fingerprint density at radius 1 is 1.08 bits per heavy atom. The number of esters is 1. The number of methoxy groups -OCH3 is 1. The number of ether oxygens (including phenoxy) is 3. The molecule has 4 fully saturated rings. The molecule has 2 unspecified atom stereocenters. The largest absolute Gasteiger partial charge is 0.467 e. The molecule has 6 rings (SSSR count). The van der Waals surface area contributed by atoms with Crippen LogP contribution in [0.1, 0.15) is 44.6 Å². The average Bonchev–Trinajstić information content (AvgIpc) is 3.25. The molecule has 4 aliphatic rings. The number of alkyl carbamates (subject to hydrolysis) is 1. The number of carbonyl (C=O) groups excluding carboxylic acids is 2. The summed E-state index contributed by atoms with van der Waals surface area (Å²) >= 11 is 0. The molecule has 202 valence electrons. The van der Waals surface area contributed by atoms with E-state index in [-0.39, 0.29) is 12.5 Å². The minimum Gasteiger partial charge on any atom is -0.467 e. The zero-order valence-corrected chi connectivity index (χ0v) is 23.8. The Balaban J connectivity index is 1.49. The fraction of sp³-hybridized carbons (Fsp3) is 0.655. The van der Waals surface area contributed by atoms with E-state index in [1.807, 2.05) is 37.4 Å². The van der Waals surface area contributed by atoms with Crippen molar-refractivity contribution in [1.29, 1.82) is 0 Å². The molecule has 2 aromatic rings. The smallest absolute Gasteiger partial charge is 0.408 e. The van der Waals surface area contributed by atoms with Crippen LogP contribution in [-0.4, -0.2) is 56.2 Å². The Labute approximate surface area is 221 Å². The van der Waals surface area contributed by atoms with E-state index in [0.29, 0.717) is 18.4 Å². The van der Waals surface area contributed by atoms with Crippen LogP contribution in [0.25, 0.3) is 10.9 Å². The quantitative estimate of drug-likeness (QED) is 0.335. The van der Waals surface area contributed by atoms with E-state index in [1.165, 1.54) is 13.5 Å². The molecule has 8 heteroatoms. The number of rotatable bonds is 9. The molecule has 0 saturated heterocycles. The van der Waals surface area contributed by atoms with Crippen molar-refractivity contribution in [3.05, 3.63) is 36.0 Å². The van der Waals surface area contributed by atoms with Crippen LogP contribution in [0.3, 0.4) is 0 Å². The van der Waals surface area contributed by atoms with Gasteiger partial charge in [0.05, 0.1) is 20.9 Å². The van der Waals surface area contributed by atoms with Gasteiger partial charge in [0, 0.05) is 30.1 Å². The van der Waals surface area contributed by atoms with E-state index in [4.69, 9.17) is 14.2 Å². The number of aromatic amines is 1. The van der Waals surface area contributed by atoms with E-state index in [9.17, 15) is 9.59 Å². The van der Waals surface area contributed by atoms with Crippen LogP contribution in [0.2, 0.25) is 19.6 Å². The number of benzene rings is 1. The third kappa shape index (κ3) is 4.94. The van der Waals surface area contributed by atoms with Crippen LogP contribution in [0.15, 0.2) is 30.5 Å². The number of aromatic nitrogens is 1. The van der Waals surface area contributed by atoms with Crippen molar-refractivity contribution in [2.75, 3.05) is 13.7 Å². The van der Waals surface area contributed by atoms with Gasteiger partial charge in [-0.15, -0.1) is 0 Å². The van der Waals surface area contributed by atoms with Crippen LogP contribution in [-0.2, 0) is 25.4 Å². The molecule has 1 aromatic heterocycles. The van der Waals surface area contributed by atoms with Crippen molar-refractivity contribution in [1.82, 2.24) is 10.3 Å². The molecule has 1 amide bonds. The molecular weight excluding hydrogens is 484 g/mol. The summed E-state index contributed by atoms with van der Waals surface area (Å²) in [5.41, 5.74) is -0.0205. The highest BCUT2D eigenvalue weighted by Gasteiger charge is 2.56. The third-order valence-electron chi connectivity index (χ3n) is 8.97. The van der Waals surface area contributed by atoms with E-state index in [1.54, 1.807) is 0 Å². The molecule has 1 aromatic carbocycles. The van der Waals surface area contributed by atoms with Crippen molar-refractivity contribution in [3.63, 3.8) is 0 Å². The number of carbonyl (C=O) groups is 2. The highest BCUT2D eigenvalue weighted by Crippen LogP contribution is 2.54. The zero-order chi connectivity index (χ0) is 26.4. The maximum Gasteiger partial charge on any atom is 0.408 e. The second-order valence-electron chi connectivity index (χ2n) is 12.6. The van der Waals surface area contributed by atoms with Gasteiger partial charge in [-0.05, 0) is 74.3 Å². The molecule has 0 aliphatic heterocycles. The lowest BCUT2D eigenvalue weighted by Crippen LogP contribution is -2.70. The van der Waals surface area contributed by atoms with E-state index in [2.05, 4.69) is 29.9 Å². The summed E-state index contributed by atoms with van der Waals surface area (Å²) in [6.45, 7) is 8.82. The van der Waals surface area contributed by atoms with Gasteiger partial charge < -0.3 is 24.5 Å². The molecule has 4 bridgehead atoms. The standard InChI is InChI=1S/C29H42N2O5Si/c1-6-35-27(37(3,4)5)29(26(32)34-2,16-22-17-30-24-10-8-7-9-23(22)24)31-28(33)36-25-20-12-18-11-19(14-20)15-21(25)13-18/h7-10,17-21,25,27,30H,6,11-16H2,1-5H3,(H,31,33). The number of nitrogens with one attached hydrogen (secondary N) is 2. The van der Waals surface area contributed by atoms with Gasteiger partial charge in [0.25, 0.3) is 0 Å². The predicted molar refractivity (Wildman–Crippen MR) is 146 cm³/mol. The van der Waals surface area contributed by atoms with Crippen LogP contribution < -0.4 is 5.32 Å². The molecule has 37 heavy (non-hydrogen) atoms. The van der Waals surface area contributed by atoms with Gasteiger partial charge >= 0.3 is 12.1 Å². The number of hydrogen-bond donors (Lipinski definition) is 2. The summed E-state index contributed by atoms with van der Waals surface area (Å²) in [7, 11) is -0.792. The van der Waals surface area contributed by atoms with Crippen LogP contribution >= 0.6 is 0 Å². The Kier molecular flexibility index (Phi) is 7.17. The van der Waals surface area contributed by atoms with Crippen LogP contribution in [0.5, 0.6) is 0 Å². The minimum absolute atomic E-state index is 0.0753. The molecular formula is C29H42N2O5Si. The van der Waals surface area contributed by atoms with Gasteiger partial charge in [-0.25, -0.2) is 9.59 Å². The van der Waals surface area contributed by atoms with E-state index in [0.717, 1.165) is 54.0 Å². The van der Waals surface area contributed by atoms with Crippen molar-refractivity contribution in [3.8, 4) is 0 Å². The van der Waals surface area contributed by atoms with Gasteiger partial charge in [0.2, 0.25) is 0 Å². The lowest BCUT2D eigenvalue weighted by Gasteiger charge is -2.53. The van der Waals surface area contributed by atoms with Crippen molar-refractivity contribution < 1.29 is 23.8 Å². The highest BCUT2D eigenvalue weighted by atomic mass is 28.3. The average molecular weight is 527 g/mol. The molecule has 7 nitrogen and oxygen atoms in total. The van der Waals surface area contributed by atoms with Crippen LogP contribution in [0, 0.1) is 23.7 Å². The number of fused-ring (bicyclic) bond motifs is 1. The fourth-order valence-electron chi connectivity index (χ4n) is 7.89. The SMILES string of the molecule is CCOC(C(Cc1c[nH]c2ccccc12)(NC(=O)OC1C2CC3CC(C2)CC1C3)C(=O)OC)[Si](C)(C)C. The maximum absolute atomic E-state index is 13.8. The lowest BCUT2D eigenvalue weighted by atomic mass is 9.55. The molecule has 0 spiro atoms. The fourth-order valence-corrected chi connectivity index (χ4v) is 10.3. The van der Waals surface area contributed by atoms with Gasteiger partial charge in [0.1, 0.15) is 6.10 Å². The minimum atomic E-state index is -2.17. The van der Waals surface area contributed by atoms with E-state index < -0.39 is 31.4 Å². The Hall–Kier alpha value is -2.32. The summed E-state index contributed by atoms with van der Waals surface area (Å²) in [4.78, 5) is 30.8. The van der Waals surface area contributed by atoms with Crippen molar-refractivity contribution in [2.24, 2.45) is 23.7 Å². The molecule has 4 saturated carbocycles. The Morgan fingerprint density at radius 2 is 1.73 bits per heavy atom. The maximum atomic E-state index is 13.8. The molecule has 2 N–H and O–H groups in total. The van der Waals surface area contributed by atoms with Crippen molar-refractivity contribution >= 4 is 31.0 Å². The molecule has 2 atom stereocenters. The van der Waals surface area contributed by atoms with Gasteiger partial charge in [-0.1, -0.05) is 37.8 Å². The second kappa shape index (κ2) is 10.1. The monoisotopic (exact) mass is 526 g/mol. The zero-order valence-electron chi connectivity index (χ0n) is 22.8. The Bertz CT molecular complexity index is 1110. The molecule has 4 aliphatic carbocycles.